The minimum atomic E-state index is -0.314. The van der Waals surface area contributed by atoms with E-state index in [1.54, 1.807) is 44.6 Å². The Balaban J connectivity index is 2.25. The minimum Gasteiger partial charge on any atom is -0.493 e. The third-order valence-corrected chi connectivity index (χ3v) is 2.82. The standard InChI is InChI=1S/C15H16N2O4/c1-4-7-16-15(18)11-9-13(21-17-11)10-5-6-12(19-2)14(8-10)20-3/h4-6,8-9H,1,7H2,2-3H3,(H,16,18). The Labute approximate surface area is 122 Å². The van der Waals surface area contributed by atoms with Crippen LogP contribution in [0.15, 0.2) is 41.4 Å². The maximum absolute atomic E-state index is 11.7. The van der Waals surface area contributed by atoms with Gasteiger partial charge in [0.15, 0.2) is 23.0 Å². The van der Waals surface area contributed by atoms with Crippen molar-refractivity contribution in [3.63, 3.8) is 0 Å². The van der Waals surface area contributed by atoms with Crippen molar-refractivity contribution < 1.29 is 18.8 Å². The summed E-state index contributed by atoms with van der Waals surface area (Å²) in [6.07, 6.45) is 1.59. The van der Waals surface area contributed by atoms with Crippen LogP contribution in [0.4, 0.5) is 0 Å². The Hall–Kier alpha value is -2.76. The van der Waals surface area contributed by atoms with Crippen molar-refractivity contribution in [1.82, 2.24) is 10.5 Å². The molecule has 0 aliphatic rings. The molecule has 1 aromatic carbocycles. The van der Waals surface area contributed by atoms with Crippen molar-refractivity contribution in [2.24, 2.45) is 0 Å². The summed E-state index contributed by atoms with van der Waals surface area (Å²) in [4.78, 5) is 11.7. The number of amides is 1. The molecule has 1 aromatic heterocycles. The van der Waals surface area contributed by atoms with Gasteiger partial charge in [0.05, 0.1) is 14.2 Å². The van der Waals surface area contributed by atoms with Crippen molar-refractivity contribution >= 4 is 5.91 Å². The van der Waals surface area contributed by atoms with Gasteiger partial charge in [-0.05, 0) is 18.2 Å². The largest absolute Gasteiger partial charge is 0.493 e. The average Bonchev–Trinajstić information content (AvgIpc) is 3.01. The first-order chi connectivity index (χ1) is 10.2. The molecule has 2 rings (SSSR count). The van der Waals surface area contributed by atoms with Gasteiger partial charge in [0.1, 0.15) is 0 Å². The molecule has 0 unspecified atom stereocenters. The van der Waals surface area contributed by atoms with Gasteiger partial charge in [0.25, 0.3) is 5.91 Å². The lowest BCUT2D eigenvalue weighted by Gasteiger charge is -2.07. The van der Waals surface area contributed by atoms with E-state index in [1.165, 1.54) is 0 Å². The van der Waals surface area contributed by atoms with E-state index in [-0.39, 0.29) is 11.6 Å². The SMILES string of the molecule is C=CCNC(=O)c1cc(-c2ccc(OC)c(OC)c2)on1. The number of aromatic nitrogens is 1. The van der Waals surface area contributed by atoms with E-state index in [4.69, 9.17) is 14.0 Å². The Morgan fingerprint density at radius 3 is 2.76 bits per heavy atom. The summed E-state index contributed by atoms with van der Waals surface area (Å²) in [5, 5.41) is 6.38. The van der Waals surface area contributed by atoms with Crippen LogP contribution >= 0.6 is 0 Å². The molecule has 110 valence electrons. The number of carbonyl (C=O) groups excluding carboxylic acids is 1. The second kappa shape index (κ2) is 6.60. The lowest BCUT2D eigenvalue weighted by Crippen LogP contribution is -2.23. The van der Waals surface area contributed by atoms with Crippen LogP contribution in [0.1, 0.15) is 10.5 Å². The van der Waals surface area contributed by atoms with Gasteiger partial charge in [-0.25, -0.2) is 0 Å². The van der Waals surface area contributed by atoms with Crippen LogP contribution in [0.3, 0.4) is 0 Å². The Kier molecular flexibility index (Phi) is 4.61. The minimum absolute atomic E-state index is 0.210. The highest BCUT2D eigenvalue weighted by molar-refractivity contribution is 5.93. The maximum atomic E-state index is 11.7. The van der Waals surface area contributed by atoms with Crippen molar-refractivity contribution in [1.29, 1.82) is 0 Å². The molecule has 0 fully saturated rings. The predicted octanol–water partition coefficient (Wildman–Crippen LogP) is 2.27. The zero-order chi connectivity index (χ0) is 15.2. The zero-order valence-corrected chi connectivity index (χ0v) is 11.9. The highest BCUT2D eigenvalue weighted by Gasteiger charge is 2.14. The molecule has 0 bridgehead atoms. The Morgan fingerprint density at radius 1 is 1.33 bits per heavy atom. The molecule has 6 nitrogen and oxygen atoms in total. The monoisotopic (exact) mass is 288 g/mol. The number of benzene rings is 1. The van der Waals surface area contributed by atoms with Crippen LogP contribution in [-0.2, 0) is 0 Å². The van der Waals surface area contributed by atoms with E-state index in [0.717, 1.165) is 5.56 Å². The summed E-state index contributed by atoms with van der Waals surface area (Å²) in [6.45, 7) is 3.90. The van der Waals surface area contributed by atoms with E-state index < -0.39 is 0 Å². The van der Waals surface area contributed by atoms with Gasteiger partial charge in [-0.2, -0.15) is 0 Å². The molecule has 2 aromatic rings. The second-order valence-corrected chi connectivity index (χ2v) is 4.14. The van der Waals surface area contributed by atoms with E-state index in [1.807, 2.05) is 0 Å². The number of carbonyl (C=O) groups is 1. The fourth-order valence-electron chi connectivity index (χ4n) is 1.76. The van der Waals surface area contributed by atoms with Crippen LogP contribution in [-0.4, -0.2) is 31.8 Å². The smallest absolute Gasteiger partial charge is 0.273 e. The van der Waals surface area contributed by atoms with Gasteiger partial charge in [-0.3, -0.25) is 4.79 Å². The normalized spacial score (nSPS) is 10.0. The number of rotatable bonds is 6. The first-order valence-corrected chi connectivity index (χ1v) is 6.27. The summed E-state index contributed by atoms with van der Waals surface area (Å²) in [5.74, 6) is 1.35. The molecule has 6 heteroatoms. The van der Waals surface area contributed by atoms with Gasteiger partial charge in [-0.15, -0.1) is 6.58 Å². The highest BCUT2D eigenvalue weighted by atomic mass is 16.5. The van der Waals surface area contributed by atoms with Crippen LogP contribution in [0.5, 0.6) is 11.5 Å². The molecule has 0 saturated heterocycles. The summed E-state index contributed by atoms with van der Waals surface area (Å²) in [5.41, 5.74) is 0.949. The quantitative estimate of drug-likeness (QED) is 0.825. The second-order valence-electron chi connectivity index (χ2n) is 4.14. The molecule has 1 amide bonds. The topological polar surface area (TPSA) is 73.6 Å². The average molecular weight is 288 g/mol. The number of hydrogen-bond acceptors (Lipinski definition) is 5. The number of ether oxygens (including phenoxy) is 2. The molecular formula is C15H16N2O4. The first-order valence-electron chi connectivity index (χ1n) is 6.27. The maximum Gasteiger partial charge on any atom is 0.273 e. The third-order valence-electron chi connectivity index (χ3n) is 2.82. The molecule has 21 heavy (non-hydrogen) atoms. The summed E-state index contributed by atoms with van der Waals surface area (Å²) >= 11 is 0. The molecule has 1 N–H and O–H groups in total. The van der Waals surface area contributed by atoms with Gasteiger partial charge >= 0.3 is 0 Å². The summed E-state index contributed by atoms with van der Waals surface area (Å²) in [7, 11) is 3.12. The van der Waals surface area contributed by atoms with E-state index >= 15 is 0 Å². The summed E-state index contributed by atoms with van der Waals surface area (Å²) in [6, 6.07) is 6.88. The van der Waals surface area contributed by atoms with Crippen LogP contribution in [0, 0.1) is 0 Å². The van der Waals surface area contributed by atoms with Crippen molar-refractivity contribution in [3.05, 3.63) is 42.6 Å². The third kappa shape index (κ3) is 3.22. The van der Waals surface area contributed by atoms with E-state index in [2.05, 4.69) is 17.1 Å². The van der Waals surface area contributed by atoms with E-state index in [0.29, 0.717) is 23.8 Å². The first kappa shape index (κ1) is 14.6. The number of nitrogens with one attached hydrogen (secondary N) is 1. The molecule has 0 aliphatic carbocycles. The molecular weight excluding hydrogens is 272 g/mol. The van der Waals surface area contributed by atoms with Crippen LogP contribution in [0.2, 0.25) is 0 Å². The van der Waals surface area contributed by atoms with Gasteiger partial charge in [0.2, 0.25) is 0 Å². The zero-order valence-electron chi connectivity index (χ0n) is 11.9. The number of methoxy groups -OCH3 is 2. The molecule has 0 aliphatic heterocycles. The lowest BCUT2D eigenvalue weighted by atomic mass is 10.1. The lowest BCUT2D eigenvalue weighted by molar-refractivity contribution is 0.0949. The highest BCUT2D eigenvalue weighted by Crippen LogP contribution is 2.32. The van der Waals surface area contributed by atoms with Gasteiger partial charge in [0, 0.05) is 18.2 Å². The predicted molar refractivity (Wildman–Crippen MR) is 77.6 cm³/mol. The van der Waals surface area contributed by atoms with Gasteiger partial charge < -0.3 is 19.3 Å². The molecule has 0 atom stereocenters. The summed E-state index contributed by atoms with van der Waals surface area (Å²) < 4.78 is 15.6. The number of nitrogens with zero attached hydrogens (tertiary/aromatic N) is 1. The molecule has 0 radical (unpaired) electrons. The van der Waals surface area contributed by atoms with Crippen molar-refractivity contribution in [3.8, 4) is 22.8 Å². The Bertz CT molecular complexity index is 649. The number of hydrogen-bond donors (Lipinski definition) is 1. The Morgan fingerprint density at radius 2 is 2.10 bits per heavy atom. The van der Waals surface area contributed by atoms with E-state index in [9.17, 15) is 4.79 Å². The molecule has 1 heterocycles. The fourth-order valence-corrected chi connectivity index (χ4v) is 1.76. The van der Waals surface area contributed by atoms with Crippen molar-refractivity contribution in [2.45, 2.75) is 0 Å². The van der Waals surface area contributed by atoms with Crippen molar-refractivity contribution in [2.75, 3.05) is 20.8 Å². The fraction of sp³-hybridized carbons (Fsp3) is 0.200. The molecule has 0 spiro atoms. The van der Waals surface area contributed by atoms with Crippen LogP contribution < -0.4 is 14.8 Å². The molecule has 0 saturated carbocycles. The van der Waals surface area contributed by atoms with Crippen LogP contribution in [0.25, 0.3) is 11.3 Å². The van der Waals surface area contributed by atoms with Gasteiger partial charge in [-0.1, -0.05) is 11.2 Å².